The van der Waals surface area contributed by atoms with Crippen LogP contribution in [0.2, 0.25) is 5.02 Å². The summed E-state index contributed by atoms with van der Waals surface area (Å²) in [6.07, 6.45) is 0. The predicted molar refractivity (Wildman–Crippen MR) is 83.9 cm³/mol. The fraction of sp³-hybridized carbons (Fsp3) is 0.235. The molecule has 0 atom stereocenters. The van der Waals surface area contributed by atoms with Crippen LogP contribution in [0.4, 0.5) is 0 Å². The van der Waals surface area contributed by atoms with E-state index in [2.05, 4.69) is 0 Å². The molecule has 0 aliphatic heterocycles. The van der Waals surface area contributed by atoms with E-state index in [0.717, 1.165) is 11.1 Å². The zero-order valence-electron chi connectivity index (χ0n) is 12.5. The van der Waals surface area contributed by atoms with Crippen molar-refractivity contribution in [3.8, 4) is 11.5 Å². The number of benzene rings is 2. The molecule has 0 fully saturated rings. The first kappa shape index (κ1) is 15.4. The summed E-state index contributed by atoms with van der Waals surface area (Å²) >= 11 is 6.08. The van der Waals surface area contributed by atoms with Crippen LogP contribution in [0.1, 0.15) is 27.0 Å². The lowest BCUT2D eigenvalue weighted by Crippen LogP contribution is -2.05. The van der Waals surface area contributed by atoms with Crippen molar-refractivity contribution in [1.29, 1.82) is 0 Å². The molecule has 0 heterocycles. The third-order valence-corrected chi connectivity index (χ3v) is 3.77. The predicted octanol–water partition coefficient (Wildman–Crippen LogP) is 4.21. The van der Waals surface area contributed by atoms with Crippen molar-refractivity contribution in [2.75, 3.05) is 14.2 Å². The SMILES string of the molecule is COc1cc(OC)cc(C(=O)c2cc(C)c(Cl)cc2C)c1. The van der Waals surface area contributed by atoms with Gasteiger partial charge in [-0.05, 0) is 49.2 Å². The average Bonchev–Trinajstić information content (AvgIpc) is 2.49. The van der Waals surface area contributed by atoms with E-state index in [9.17, 15) is 4.79 Å². The maximum atomic E-state index is 12.7. The topological polar surface area (TPSA) is 35.5 Å². The van der Waals surface area contributed by atoms with Crippen molar-refractivity contribution in [2.24, 2.45) is 0 Å². The number of carbonyl (C=O) groups is 1. The van der Waals surface area contributed by atoms with Gasteiger partial charge in [-0.2, -0.15) is 0 Å². The molecule has 3 nitrogen and oxygen atoms in total. The van der Waals surface area contributed by atoms with Gasteiger partial charge < -0.3 is 9.47 Å². The van der Waals surface area contributed by atoms with Gasteiger partial charge in [0.15, 0.2) is 5.78 Å². The largest absolute Gasteiger partial charge is 0.497 e. The molecule has 0 bridgehead atoms. The third kappa shape index (κ3) is 3.19. The van der Waals surface area contributed by atoms with Crippen LogP contribution in [0.5, 0.6) is 11.5 Å². The Hall–Kier alpha value is -2.00. The van der Waals surface area contributed by atoms with Crippen molar-refractivity contribution in [1.82, 2.24) is 0 Å². The number of aryl methyl sites for hydroxylation is 2. The minimum atomic E-state index is -0.0792. The Balaban J connectivity index is 2.52. The normalized spacial score (nSPS) is 10.3. The molecule has 0 aromatic heterocycles. The summed E-state index contributed by atoms with van der Waals surface area (Å²) in [6.45, 7) is 3.75. The van der Waals surface area contributed by atoms with Crippen molar-refractivity contribution in [3.05, 3.63) is 57.6 Å². The highest BCUT2D eigenvalue weighted by molar-refractivity contribution is 6.31. The average molecular weight is 305 g/mol. The lowest BCUT2D eigenvalue weighted by Gasteiger charge is -2.11. The standard InChI is InChI=1S/C17H17ClO3/c1-10-6-16(18)11(2)5-15(10)17(19)12-7-13(20-3)9-14(8-12)21-4/h5-9H,1-4H3. The second-order valence-corrected chi connectivity index (χ2v) is 5.25. The third-order valence-electron chi connectivity index (χ3n) is 3.36. The molecule has 0 unspecified atom stereocenters. The maximum absolute atomic E-state index is 12.7. The van der Waals surface area contributed by atoms with Crippen LogP contribution < -0.4 is 9.47 Å². The van der Waals surface area contributed by atoms with E-state index in [4.69, 9.17) is 21.1 Å². The van der Waals surface area contributed by atoms with Crippen LogP contribution in [0, 0.1) is 13.8 Å². The van der Waals surface area contributed by atoms with Gasteiger partial charge in [0.1, 0.15) is 11.5 Å². The smallest absolute Gasteiger partial charge is 0.193 e. The van der Waals surface area contributed by atoms with E-state index >= 15 is 0 Å². The first-order valence-corrected chi connectivity index (χ1v) is 6.88. The molecule has 2 rings (SSSR count). The first-order chi connectivity index (χ1) is 9.96. The summed E-state index contributed by atoms with van der Waals surface area (Å²) in [4.78, 5) is 12.7. The summed E-state index contributed by atoms with van der Waals surface area (Å²) in [5.74, 6) is 1.09. The van der Waals surface area contributed by atoms with Crippen LogP contribution in [0.25, 0.3) is 0 Å². The molecule has 2 aromatic rings. The highest BCUT2D eigenvalue weighted by Gasteiger charge is 2.15. The lowest BCUT2D eigenvalue weighted by atomic mass is 9.97. The molecule has 2 aromatic carbocycles. The Bertz CT molecular complexity index is 670. The summed E-state index contributed by atoms with van der Waals surface area (Å²) in [7, 11) is 3.11. The number of ketones is 1. The minimum absolute atomic E-state index is 0.0792. The molecule has 0 aliphatic carbocycles. The van der Waals surface area contributed by atoms with Crippen LogP contribution in [0.15, 0.2) is 30.3 Å². The monoisotopic (exact) mass is 304 g/mol. The van der Waals surface area contributed by atoms with Gasteiger partial charge in [0.25, 0.3) is 0 Å². The number of methoxy groups -OCH3 is 2. The van der Waals surface area contributed by atoms with Crippen molar-refractivity contribution >= 4 is 17.4 Å². The Kier molecular flexibility index (Phi) is 4.53. The molecule has 0 N–H and O–H groups in total. The highest BCUT2D eigenvalue weighted by atomic mass is 35.5. The molecule has 0 saturated carbocycles. The van der Waals surface area contributed by atoms with Gasteiger partial charge in [0, 0.05) is 22.2 Å². The zero-order valence-corrected chi connectivity index (χ0v) is 13.2. The van der Waals surface area contributed by atoms with Gasteiger partial charge in [-0.3, -0.25) is 4.79 Å². The fourth-order valence-corrected chi connectivity index (χ4v) is 2.34. The van der Waals surface area contributed by atoms with Gasteiger partial charge >= 0.3 is 0 Å². The second kappa shape index (κ2) is 6.19. The molecule has 0 saturated heterocycles. The van der Waals surface area contributed by atoms with E-state index in [1.165, 1.54) is 0 Å². The van der Waals surface area contributed by atoms with Gasteiger partial charge in [0.2, 0.25) is 0 Å². The summed E-state index contributed by atoms with van der Waals surface area (Å²) in [6, 6.07) is 8.76. The molecule has 0 amide bonds. The van der Waals surface area contributed by atoms with Gasteiger partial charge in [-0.15, -0.1) is 0 Å². The molecule has 0 spiro atoms. The van der Waals surface area contributed by atoms with E-state index in [1.807, 2.05) is 26.0 Å². The number of ether oxygens (including phenoxy) is 2. The lowest BCUT2D eigenvalue weighted by molar-refractivity contribution is 0.103. The molecule has 4 heteroatoms. The first-order valence-electron chi connectivity index (χ1n) is 6.50. The quantitative estimate of drug-likeness (QED) is 0.794. The molecule has 0 aliphatic rings. The van der Waals surface area contributed by atoms with E-state index < -0.39 is 0 Å². The number of halogens is 1. The number of rotatable bonds is 4. The van der Waals surface area contributed by atoms with Crippen LogP contribution in [-0.2, 0) is 0 Å². The Morgan fingerprint density at radius 1 is 0.905 bits per heavy atom. The number of hydrogen-bond acceptors (Lipinski definition) is 3. The number of carbonyl (C=O) groups excluding carboxylic acids is 1. The molecule has 21 heavy (non-hydrogen) atoms. The van der Waals surface area contributed by atoms with E-state index in [0.29, 0.717) is 27.6 Å². The summed E-state index contributed by atoms with van der Waals surface area (Å²) in [5.41, 5.74) is 2.88. The van der Waals surface area contributed by atoms with Crippen LogP contribution >= 0.6 is 11.6 Å². The second-order valence-electron chi connectivity index (χ2n) is 4.85. The van der Waals surface area contributed by atoms with Gasteiger partial charge in [-0.1, -0.05) is 11.6 Å². The van der Waals surface area contributed by atoms with Crippen molar-refractivity contribution in [3.63, 3.8) is 0 Å². The summed E-state index contributed by atoms with van der Waals surface area (Å²) in [5, 5.41) is 0.660. The number of hydrogen-bond donors (Lipinski definition) is 0. The Morgan fingerprint density at radius 2 is 1.48 bits per heavy atom. The van der Waals surface area contributed by atoms with Gasteiger partial charge in [0.05, 0.1) is 14.2 Å². The Labute approximate surface area is 129 Å². The van der Waals surface area contributed by atoms with Crippen molar-refractivity contribution < 1.29 is 14.3 Å². The zero-order chi connectivity index (χ0) is 15.6. The van der Waals surface area contributed by atoms with E-state index in [1.54, 1.807) is 32.4 Å². The van der Waals surface area contributed by atoms with Gasteiger partial charge in [-0.25, -0.2) is 0 Å². The summed E-state index contributed by atoms with van der Waals surface area (Å²) < 4.78 is 10.4. The van der Waals surface area contributed by atoms with Crippen molar-refractivity contribution in [2.45, 2.75) is 13.8 Å². The fourth-order valence-electron chi connectivity index (χ4n) is 2.12. The minimum Gasteiger partial charge on any atom is -0.497 e. The molecular weight excluding hydrogens is 288 g/mol. The van der Waals surface area contributed by atoms with E-state index in [-0.39, 0.29) is 5.78 Å². The maximum Gasteiger partial charge on any atom is 0.193 e. The molecule has 110 valence electrons. The van der Waals surface area contributed by atoms with Crippen LogP contribution in [0.3, 0.4) is 0 Å². The highest BCUT2D eigenvalue weighted by Crippen LogP contribution is 2.27. The van der Waals surface area contributed by atoms with Crippen LogP contribution in [-0.4, -0.2) is 20.0 Å². The molecular formula is C17H17ClO3. The Morgan fingerprint density at radius 3 is 2.00 bits per heavy atom. The molecule has 0 radical (unpaired) electrons.